The SMILES string of the molecule is CCOc1ccc(OCC(=O)Nc2ccc3c(c2)OC(C)C(=O)N3CCN2CCOCC2)cc1. The summed E-state index contributed by atoms with van der Waals surface area (Å²) < 4.78 is 22.2. The Kier molecular flexibility index (Phi) is 7.87. The Bertz CT molecular complexity index is 991. The maximum Gasteiger partial charge on any atom is 0.267 e. The molecule has 2 aromatic rings. The van der Waals surface area contributed by atoms with Crippen molar-refractivity contribution in [3.05, 3.63) is 42.5 Å². The minimum absolute atomic E-state index is 0.0682. The highest BCUT2D eigenvalue weighted by molar-refractivity contribution is 6.00. The van der Waals surface area contributed by atoms with E-state index in [1.165, 1.54) is 0 Å². The molecule has 182 valence electrons. The van der Waals surface area contributed by atoms with Gasteiger partial charge in [0, 0.05) is 37.9 Å². The molecule has 1 atom stereocenters. The summed E-state index contributed by atoms with van der Waals surface area (Å²) in [7, 11) is 0. The van der Waals surface area contributed by atoms with E-state index in [1.54, 1.807) is 54.3 Å². The highest BCUT2D eigenvalue weighted by atomic mass is 16.5. The fourth-order valence-corrected chi connectivity index (χ4v) is 3.93. The normalized spacial score (nSPS) is 18.1. The van der Waals surface area contributed by atoms with Crippen molar-refractivity contribution in [2.24, 2.45) is 0 Å². The minimum atomic E-state index is -0.592. The molecule has 1 N–H and O–H groups in total. The van der Waals surface area contributed by atoms with E-state index in [1.807, 2.05) is 6.92 Å². The summed E-state index contributed by atoms with van der Waals surface area (Å²) in [5.41, 5.74) is 1.29. The van der Waals surface area contributed by atoms with Crippen molar-refractivity contribution in [1.82, 2.24) is 4.90 Å². The van der Waals surface area contributed by atoms with Gasteiger partial charge in [-0.05, 0) is 50.2 Å². The van der Waals surface area contributed by atoms with E-state index in [0.29, 0.717) is 36.0 Å². The molecule has 0 spiro atoms. The molecule has 0 bridgehead atoms. The van der Waals surface area contributed by atoms with Crippen LogP contribution in [0, 0.1) is 0 Å². The van der Waals surface area contributed by atoms with Crippen LogP contribution in [0.15, 0.2) is 42.5 Å². The van der Waals surface area contributed by atoms with Crippen LogP contribution in [0.2, 0.25) is 0 Å². The highest BCUT2D eigenvalue weighted by Gasteiger charge is 2.32. The predicted octanol–water partition coefficient (Wildman–Crippen LogP) is 2.55. The molecule has 9 heteroatoms. The summed E-state index contributed by atoms with van der Waals surface area (Å²) in [6.07, 6.45) is -0.592. The van der Waals surface area contributed by atoms with Gasteiger partial charge in [0.05, 0.1) is 25.5 Å². The largest absolute Gasteiger partial charge is 0.494 e. The summed E-state index contributed by atoms with van der Waals surface area (Å²) in [6.45, 7) is 8.62. The third-order valence-corrected chi connectivity index (χ3v) is 5.70. The lowest BCUT2D eigenvalue weighted by molar-refractivity contribution is -0.125. The molecular formula is C25H31N3O6. The van der Waals surface area contributed by atoms with Crippen molar-refractivity contribution >= 4 is 23.2 Å². The minimum Gasteiger partial charge on any atom is -0.494 e. The van der Waals surface area contributed by atoms with Crippen LogP contribution in [0.1, 0.15) is 13.8 Å². The van der Waals surface area contributed by atoms with Gasteiger partial charge in [-0.1, -0.05) is 0 Å². The zero-order valence-electron chi connectivity index (χ0n) is 19.6. The quantitative estimate of drug-likeness (QED) is 0.604. The van der Waals surface area contributed by atoms with Crippen LogP contribution in [0.5, 0.6) is 17.2 Å². The molecule has 0 aromatic heterocycles. The molecule has 2 heterocycles. The predicted molar refractivity (Wildman–Crippen MR) is 128 cm³/mol. The second-order valence-electron chi connectivity index (χ2n) is 8.13. The zero-order chi connectivity index (χ0) is 23.9. The van der Waals surface area contributed by atoms with E-state index in [4.69, 9.17) is 18.9 Å². The Hall–Kier alpha value is -3.30. The molecule has 2 aromatic carbocycles. The fourth-order valence-electron chi connectivity index (χ4n) is 3.93. The molecule has 9 nitrogen and oxygen atoms in total. The molecule has 2 amide bonds. The van der Waals surface area contributed by atoms with Gasteiger partial charge in [-0.3, -0.25) is 14.5 Å². The van der Waals surface area contributed by atoms with Crippen LogP contribution in [-0.2, 0) is 14.3 Å². The number of anilines is 2. The number of benzene rings is 2. The number of ether oxygens (including phenoxy) is 4. The number of nitrogens with zero attached hydrogens (tertiary/aromatic N) is 2. The standard InChI is InChI=1S/C25H31N3O6/c1-3-32-20-5-7-21(8-6-20)33-17-24(29)26-19-4-9-22-23(16-19)34-18(2)25(30)28(22)11-10-27-12-14-31-15-13-27/h4-9,16,18H,3,10-15,17H2,1-2H3,(H,26,29). The van der Waals surface area contributed by atoms with Gasteiger partial charge in [-0.15, -0.1) is 0 Å². The topological polar surface area (TPSA) is 89.6 Å². The molecule has 2 aliphatic rings. The number of morpholine rings is 1. The lowest BCUT2D eigenvalue weighted by Crippen LogP contribution is -2.48. The maximum absolute atomic E-state index is 12.8. The Morgan fingerprint density at radius 1 is 1.06 bits per heavy atom. The van der Waals surface area contributed by atoms with Crippen LogP contribution in [0.3, 0.4) is 0 Å². The Balaban J connectivity index is 1.35. The number of carbonyl (C=O) groups is 2. The maximum atomic E-state index is 12.8. The van der Waals surface area contributed by atoms with Gasteiger partial charge in [0.25, 0.3) is 11.8 Å². The Morgan fingerprint density at radius 3 is 2.47 bits per heavy atom. The van der Waals surface area contributed by atoms with E-state index in [-0.39, 0.29) is 18.4 Å². The molecule has 1 fully saturated rings. The summed E-state index contributed by atoms with van der Waals surface area (Å²) in [5.74, 6) is 1.54. The number of hydrogen-bond donors (Lipinski definition) is 1. The number of carbonyl (C=O) groups excluding carboxylic acids is 2. The summed E-state index contributed by atoms with van der Waals surface area (Å²) in [4.78, 5) is 29.2. The second-order valence-corrected chi connectivity index (χ2v) is 8.13. The fraction of sp³-hybridized carbons (Fsp3) is 0.440. The smallest absolute Gasteiger partial charge is 0.267 e. The van der Waals surface area contributed by atoms with Crippen molar-refractivity contribution in [2.75, 3.05) is 62.8 Å². The van der Waals surface area contributed by atoms with Gasteiger partial charge < -0.3 is 29.2 Å². The van der Waals surface area contributed by atoms with Crippen molar-refractivity contribution in [2.45, 2.75) is 20.0 Å². The van der Waals surface area contributed by atoms with Gasteiger partial charge in [-0.2, -0.15) is 0 Å². The van der Waals surface area contributed by atoms with Crippen molar-refractivity contribution in [3.63, 3.8) is 0 Å². The van der Waals surface area contributed by atoms with Gasteiger partial charge in [0.2, 0.25) is 0 Å². The van der Waals surface area contributed by atoms with Gasteiger partial charge in [0.15, 0.2) is 12.7 Å². The number of amides is 2. The van der Waals surface area contributed by atoms with Gasteiger partial charge in [0.1, 0.15) is 17.2 Å². The lowest BCUT2D eigenvalue weighted by Gasteiger charge is -2.35. The molecule has 4 rings (SSSR count). The van der Waals surface area contributed by atoms with Crippen LogP contribution >= 0.6 is 0 Å². The number of hydrogen-bond acceptors (Lipinski definition) is 7. The molecule has 0 aliphatic carbocycles. The first-order valence-electron chi connectivity index (χ1n) is 11.6. The summed E-state index contributed by atoms with van der Waals surface area (Å²) >= 11 is 0. The molecular weight excluding hydrogens is 438 g/mol. The van der Waals surface area contributed by atoms with Crippen molar-refractivity contribution in [3.8, 4) is 17.2 Å². The zero-order valence-corrected chi connectivity index (χ0v) is 19.6. The molecule has 1 saturated heterocycles. The third kappa shape index (κ3) is 5.98. The summed E-state index contributed by atoms with van der Waals surface area (Å²) in [5, 5.41) is 2.82. The van der Waals surface area contributed by atoms with E-state index in [0.717, 1.165) is 38.6 Å². The van der Waals surface area contributed by atoms with Crippen LogP contribution in [0.4, 0.5) is 11.4 Å². The lowest BCUT2D eigenvalue weighted by atomic mass is 10.1. The van der Waals surface area contributed by atoms with Gasteiger partial charge in [-0.25, -0.2) is 0 Å². The molecule has 2 aliphatic heterocycles. The van der Waals surface area contributed by atoms with Crippen molar-refractivity contribution < 1.29 is 28.5 Å². The monoisotopic (exact) mass is 469 g/mol. The number of nitrogens with one attached hydrogen (secondary N) is 1. The van der Waals surface area contributed by atoms with E-state index >= 15 is 0 Å². The average Bonchev–Trinajstić information content (AvgIpc) is 2.85. The number of rotatable bonds is 9. The summed E-state index contributed by atoms with van der Waals surface area (Å²) in [6, 6.07) is 12.4. The molecule has 0 radical (unpaired) electrons. The van der Waals surface area contributed by atoms with Gasteiger partial charge >= 0.3 is 0 Å². The highest BCUT2D eigenvalue weighted by Crippen LogP contribution is 2.36. The molecule has 1 unspecified atom stereocenters. The van der Waals surface area contributed by atoms with Crippen LogP contribution < -0.4 is 24.4 Å². The first-order chi connectivity index (χ1) is 16.5. The molecule has 34 heavy (non-hydrogen) atoms. The van der Waals surface area contributed by atoms with E-state index in [9.17, 15) is 9.59 Å². The Labute approximate surface area is 199 Å². The van der Waals surface area contributed by atoms with Crippen LogP contribution in [0.25, 0.3) is 0 Å². The number of fused-ring (bicyclic) bond motifs is 1. The first kappa shape index (κ1) is 23.8. The van der Waals surface area contributed by atoms with E-state index < -0.39 is 6.10 Å². The first-order valence-corrected chi connectivity index (χ1v) is 11.6. The van der Waals surface area contributed by atoms with Crippen molar-refractivity contribution in [1.29, 1.82) is 0 Å². The average molecular weight is 470 g/mol. The van der Waals surface area contributed by atoms with E-state index in [2.05, 4.69) is 10.2 Å². The molecule has 0 saturated carbocycles. The Morgan fingerprint density at radius 2 is 1.76 bits per heavy atom. The second kappa shape index (κ2) is 11.2. The van der Waals surface area contributed by atoms with Crippen LogP contribution in [-0.4, -0.2) is 75.4 Å². The third-order valence-electron chi connectivity index (χ3n) is 5.70.